The lowest BCUT2D eigenvalue weighted by Gasteiger charge is -2.48. The number of Topliss-reactive ketones (excluding diaryl/α,β-unsaturated/α-hetero) is 1. The van der Waals surface area contributed by atoms with Gasteiger partial charge in [0.2, 0.25) is 5.78 Å². The number of carboxylic acids is 1. The summed E-state index contributed by atoms with van der Waals surface area (Å²) in [5.41, 5.74) is 5.88. The summed E-state index contributed by atoms with van der Waals surface area (Å²) in [5, 5.41) is 28.4. The highest BCUT2D eigenvalue weighted by Crippen LogP contribution is 2.33. The van der Waals surface area contributed by atoms with Crippen LogP contribution < -0.4 is 5.73 Å². The van der Waals surface area contributed by atoms with Crippen molar-refractivity contribution < 1.29 is 43.9 Å². The third-order valence-corrected chi connectivity index (χ3v) is 3.51. The first-order valence-electron chi connectivity index (χ1n) is 6.88. The van der Waals surface area contributed by atoms with Gasteiger partial charge in [-0.3, -0.25) is 9.59 Å². The number of carboxylic acid groups (broad SMARTS) is 1. The van der Waals surface area contributed by atoms with E-state index in [1.165, 1.54) is 6.92 Å². The van der Waals surface area contributed by atoms with Crippen molar-refractivity contribution in [2.45, 2.75) is 57.0 Å². The molecule has 5 N–H and O–H groups in total. The molecule has 0 aromatic rings. The molecule has 1 heterocycles. The van der Waals surface area contributed by atoms with Gasteiger partial charge >= 0.3 is 11.9 Å². The van der Waals surface area contributed by atoms with Gasteiger partial charge in [-0.1, -0.05) is 0 Å². The van der Waals surface area contributed by atoms with Crippen molar-refractivity contribution >= 4 is 17.7 Å². The first kappa shape index (κ1) is 19.5. The van der Waals surface area contributed by atoms with Gasteiger partial charge in [0.1, 0.15) is 24.4 Å². The number of aliphatic hydroxyl groups excluding tert-OH is 2. The second-order valence-corrected chi connectivity index (χ2v) is 5.25. The zero-order valence-electron chi connectivity index (χ0n) is 13.0. The van der Waals surface area contributed by atoms with Crippen molar-refractivity contribution in [3.63, 3.8) is 0 Å². The smallest absolute Gasteiger partial charge is 0.332 e. The molecule has 2 unspecified atom stereocenters. The fraction of sp³-hybridized carbons (Fsp3) is 0.769. The lowest BCUT2D eigenvalue weighted by Crippen LogP contribution is -2.73. The molecule has 0 aromatic carbocycles. The maximum Gasteiger partial charge on any atom is 0.332 e. The number of esters is 1. The molecule has 23 heavy (non-hydrogen) atoms. The minimum atomic E-state index is -2.29. The van der Waals surface area contributed by atoms with Crippen molar-refractivity contribution in [2.24, 2.45) is 5.73 Å². The van der Waals surface area contributed by atoms with E-state index in [1.54, 1.807) is 0 Å². The van der Waals surface area contributed by atoms with Gasteiger partial charge in [-0.2, -0.15) is 0 Å². The van der Waals surface area contributed by atoms with Crippen LogP contribution in [0.25, 0.3) is 0 Å². The van der Waals surface area contributed by atoms with E-state index >= 15 is 0 Å². The number of rotatable bonds is 6. The van der Waals surface area contributed by atoms with Crippen molar-refractivity contribution in [1.29, 1.82) is 0 Å². The summed E-state index contributed by atoms with van der Waals surface area (Å²) in [6.07, 6.45) is -5.67. The highest BCUT2D eigenvalue weighted by Gasteiger charge is 2.59. The molecule has 0 bridgehead atoms. The minimum Gasteiger partial charge on any atom is -0.479 e. The Morgan fingerprint density at radius 3 is 2.30 bits per heavy atom. The van der Waals surface area contributed by atoms with Crippen LogP contribution in [0.2, 0.25) is 0 Å². The Morgan fingerprint density at radius 1 is 1.35 bits per heavy atom. The number of ether oxygens (including phenoxy) is 3. The molecule has 0 saturated carbocycles. The largest absolute Gasteiger partial charge is 0.479 e. The number of aliphatic carboxylic acids is 1. The van der Waals surface area contributed by atoms with Crippen LogP contribution in [-0.4, -0.2) is 75.9 Å². The van der Waals surface area contributed by atoms with Crippen LogP contribution in [0.3, 0.4) is 0 Å². The Hall–Kier alpha value is -1.59. The van der Waals surface area contributed by atoms with Crippen LogP contribution in [-0.2, 0) is 28.6 Å². The maximum absolute atomic E-state index is 12.0. The van der Waals surface area contributed by atoms with Crippen molar-refractivity contribution in [3.05, 3.63) is 0 Å². The second-order valence-electron chi connectivity index (χ2n) is 5.25. The summed E-state index contributed by atoms with van der Waals surface area (Å²) in [6.45, 7) is 2.54. The fourth-order valence-electron chi connectivity index (χ4n) is 2.31. The summed E-state index contributed by atoms with van der Waals surface area (Å²) < 4.78 is 15.4. The highest BCUT2D eigenvalue weighted by atomic mass is 16.7. The molecule has 1 saturated heterocycles. The van der Waals surface area contributed by atoms with E-state index in [4.69, 9.17) is 25.1 Å². The van der Waals surface area contributed by atoms with E-state index in [-0.39, 0.29) is 0 Å². The number of nitrogens with two attached hydrogens (primary N) is 1. The number of hydrogen-bond acceptors (Lipinski definition) is 9. The first-order valence-corrected chi connectivity index (χ1v) is 6.88. The summed E-state index contributed by atoms with van der Waals surface area (Å²) in [5.74, 6) is -5.28. The second kappa shape index (κ2) is 7.32. The summed E-state index contributed by atoms with van der Waals surface area (Å²) in [6, 6.07) is -1.50. The van der Waals surface area contributed by atoms with Crippen LogP contribution in [0, 0.1) is 0 Å². The summed E-state index contributed by atoms with van der Waals surface area (Å²) in [4.78, 5) is 34.2. The van der Waals surface area contributed by atoms with Crippen LogP contribution in [0.15, 0.2) is 0 Å². The third-order valence-electron chi connectivity index (χ3n) is 3.51. The van der Waals surface area contributed by atoms with Gasteiger partial charge in [0.25, 0.3) is 5.79 Å². The van der Waals surface area contributed by atoms with Gasteiger partial charge in [-0.15, -0.1) is 0 Å². The monoisotopic (exact) mass is 335 g/mol. The van der Waals surface area contributed by atoms with Gasteiger partial charge in [0.15, 0.2) is 6.10 Å². The van der Waals surface area contributed by atoms with Crippen LogP contribution in [0.5, 0.6) is 0 Å². The highest BCUT2D eigenvalue weighted by molar-refractivity contribution is 5.87. The molecule has 0 radical (unpaired) electrons. The standard InChI is InChI=1S/C13H21NO9/c1-5(12(19)20)21-10-9(18)8(4-15)23-13(6(2)16,11(10)14)22-7(3)17/h5,8-11,15,18H,4,14H2,1-3H3,(H,19,20)/t5?,8-,9-,10+,11-,13?/m1/s1. The Balaban J connectivity index is 3.24. The predicted molar refractivity (Wildman–Crippen MR) is 73.1 cm³/mol. The molecule has 0 spiro atoms. The van der Waals surface area contributed by atoms with Gasteiger partial charge in [-0.25, -0.2) is 4.79 Å². The molecular weight excluding hydrogens is 314 g/mol. The average molecular weight is 335 g/mol. The Morgan fingerprint density at radius 2 is 1.91 bits per heavy atom. The zero-order chi connectivity index (χ0) is 17.9. The molecule has 10 nitrogen and oxygen atoms in total. The minimum absolute atomic E-state index is 0.731. The maximum atomic E-state index is 12.0. The van der Waals surface area contributed by atoms with Crippen LogP contribution in [0.1, 0.15) is 20.8 Å². The number of carbonyl (C=O) groups excluding carboxylic acids is 2. The number of carbonyl (C=O) groups is 3. The Labute approximate surface area is 132 Å². The number of hydrogen-bond donors (Lipinski definition) is 4. The van der Waals surface area contributed by atoms with E-state index < -0.39 is 60.6 Å². The van der Waals surface area contributed by atoms with Gasteiger partial charge in [-0.05, 0) is 6.92 Å². The van der Waals surface area contributed by atoms with Gasteiger partial charge in [0.05, 0.1) is 6.61 Å². The fourth-order valence-corrected chi connectivity index (χ4v) is 2.31. The molecule has 1 aliphatic heterocycles. The van der Waals surface area contributed by atoms with E-state index in [9.17, 15) is 24.6 Å². The molecule has 132 valence electrons. The Kier molecular flexibility index (Phi) is 6.19. The molecule has 1 fully saturated rings. The van der Waals surface area contributed by atoms with Crippen molar-refractivity contribution in [1.82, 2.24) is 0 Å². The molecule has 0 aliphatic carbocycles. The van der Waals surface area contributed by atoms with Crippen LogP contribution >= 0.6 is 0 Å². The Bertz CT molecular complexity index is 482. The van der Waals surface area contributed by atoms with Gasteiger partial charge in [0, 0.05) is 13.8 Å². The van der Waals surface area contributed by atoms with Gasteiger partial charge < -0.3 is 35.3 Å². The lowest BCUT2D eigenvalue weighted by molar-refractivity contribution is -0.309. The molecule has 1 rings (SSSR count). The van der Waals surface area contributed by atoms with Crippen molar-refractivity contribution in [3.8, 4) is 0 Å². The average Bonchev–Trinajstić information content (AvgIpc) is 2.45. The van der Waals surface area contributed by atoms with Crippen molar-refractivity contribution in [2.75, 3.05) is 6.61 Å². The van der Waals surface area contributed by atoms with Crippen LogP contribution in [0.4, 0.5) is 0 Å². The predicted octanol–water partition coefficient (Wildman–Crippen LogP) is -2.23. The molecule has 6 atom stereocenters. The lowest BCUT2D eigenvalue weighted by atomic mass is 9.88. The first-order chi connectivity index (χ1) is 10.6. The third kappa shape index (κ3) is 3.85. The zero-order valence-corrected chi connectivity index (χ0v) is 13.0. The van der Waals surface area contributed by atoms with E-state index in [0.29, 0.717) is 0 Å². The molecule has 10 heteroatoms. The van der Waals surface area contributed by atoms with E-state index in [0.717, 1.165) is 13.8 Å². The normalized spacial score (nSPS) is 35.4. The molecular formula is C13H21NO9. The SMILES string of the molecule is CC(=O)OC1(C(C)=O)O[C@H](CO)[C@@H](O)[C@H](OC(C)C(=O)O)[C@H]1N. The molecule has 0 amide bonds. The van der Waals surface area contributed by atoms with E-state index in [1.807, 2.05) is 0 Å². The number of aliphatic hydroxyl groups is 2. The molecule has 0 aromatic heterocycles. The number of ketones is 1. The van der Waals surface area contributed by atoms with E-state index in [2.05, 4.69) is 0 Å². The quantitative estimate of drug-likeness (QED) is 0.390. The summed E-state index contributed by atoms with van der Waals surface area (Å²) in [7, 11) is 0. The molecule has 1 aliphatic rings. The summed E-state index contributed by atoms with van der Waals surface area (Å²) >= 11 is 0. The topological polar surface area (TPSA) is 166 Å².